The summed E-state index contributed by atoms with van der Waals surface area (Å²) in [4.78, 5) is 122. The van der Waals surface area contributed by atoms with Gasteiger partial charge in [0.25, 0.3) is 0 Å². The van der Waals surface area contributed by atoms with Gasteiger partial charge in [0.05, 0.1) is 32.0 Å². The number of halogens is 2. The lowest BCUT2D eigenvalue weighted by molar-refractivity contribution is -0.170. The fourth-order valence-electron chi connectivity index (χ4n) is 6.06. The maximum atomic E-state index is 15.7. The Hall–Kier alpha value is -8.46. The standard InChI is InChI=1S/C46H48F2N2O23/c1-26(51)63-21-68-40-16-39-33(14-35(40)48)46(32-13-34(47)37(56)15-38(32)73-39)31-6-7-36(50(19-44(59)71-24-66-29(4)54)20-45(60)72-25-67-30(5)55)41(12-31)62-11-10-61-9-8-49(17-42(57)69-22-64-27(2)52)18-43(58)70-23-65-28(3)53/h6-7,12-16H,8-11,17-25H2,1-5H3. The molecule has 1 aliphatic heterocycles. The van der Waals surface area contributed by atoms with Crippen LogP contribution in [0.1, 0.15) is 34.6 Å². The predicted octanol–water partition coefficient (Wildman–Crippen LogP) is 2.50. The summed E-state index contributed by atoms with van der Waals surface area (Å²) < 4.78 is 97.0. The summed E-state index contributed by atoms with van der Waals surface area (Å²) in [7, 11) is 0. The number of carbonyl (C=O) groups excluding carboxylic acids is 9. The molecule has 27 heteroatoms. The van der Waals surface area contributed by atoms with Gasteiger partial charge in [-0.3, -0.25) is 52.8 Å². The molecule has 1 aliphatic carbocycles. The van der Waals surface area contributed by atoms with E-state index < -0.39 is 137 Å². The first-order valence-corrected chi connectivity index (χ1v) is 21.3. The Morgan fingerprint density at radius 1 is 0.521 bits per heavy atom. The molecule has 0 aromatic heterocycles. The van der Waals surface area contributed by atoms with E-state index in [4.69, 9.17) is 51.8 Å². The predicted molar refractivity (Wildman–Crippen MR) is 238 cm³/mol. The molecule has 0 amide bonds. The molecule has 2 aliphatic rings. The van der Waals surface area contributed by atoms with Crippen molar-refractivity contribution in [1.82, 2.24) is 4.90 Å². The summed E-state index contributed by atoms with van der Waals surface area (Å²) in [6, 6.07) is 7.92. The Balaban J connectivity index is 1.74. The summed E-state index contributed by atoms with van der Waals surface area (Å²) in [6.45, 7) is -1.66. The lowest BCUT2D eigenvalue weighted by atomic mass is 9.93. The number of esters is 9. The van der Waals surface area contributed by atoms with Gasteiger partial charge < -0.3 is 66.2 Å². The Labute approximate surface area is 412 Å². The van der Waals surface area contributed by atoms with Gasteiger partial charge in [0.2, 0.25) is 39.4 Å². The van der Waals surface area contributed by atoms with Crippen LogP contribution in [0.15, 0.2) is 51.7 Å². The van der Waals surface area contributed by atoms with Crippen LogP contribution >= 0.6 is 0 Å². The third-order valence-electron chi connectivity index (χ3n) is 9.20. The molecule has 1 heterocycles. The Morgan fingerprint density at radius 3 is 1.55 bits per heavy atom. The summed E-state index contributed by atoms with van der Waals surface area (Å²) in [6.07, 6.45) is 0. The van der Waals surface area contributed by atoms with Crippen molar-refractivity contribution in [1.29, 1.82) is 0 Å². The van der Waals surface area contributed by atoms with Gasteiger partial charge in [-0.15, -0.1) is 0 Å². The molecule has 25 nitrogen and oxygen atoms in total. The van der Waals surface area contributed by atoms with Crippen molar-refractivity contribution in [2.45, 2.75) is 34.6 Å². The lowest BCUT2D eigenvalue weighted by Gasteiger charge is -2.26. The van der Waals surface area contributed by atoms with E-state index in [-0.39, 0.29) is 71.2 Å². The number of ether oxygens (including phenoxy) is 12. The minimum Gasteiger partial charge on any atom is -0.489 e. The maximum absolute atomic E-state index is 15.7. The van der Waals surface area contributed by atoms with Crippen LogP contribution in [0.2, 0.25) is 0 Å². The molecule has 2 aromatic rings. The summed E-state index contributed by atoms with van der Waals surface area (Å²) >= 11 is 0. The molecule has 0 bridgehead atoms. The van der Waals surface area contributed by atoms with Crippen LogP contribution in [0.4, 0.5) is 14.5 Å². The van der Waals surface area contributed by atoms with Crippen molar-refractivity contribution in [3.8, 4) is 33.9 Å². The van der Waals surface area contributed by atoms with E-state index in [0.717, 1.165) is 63.8 Å². The minimum absolute atomic E-state index is 0.0000492. The number of hydrogen-bond acceptors (Lipinski definition) is 25. The monoisotopic (exact) mass is 1030 g/mol. The molecule has 0 unspecified atom stereocenters. The van der Waals surface area contributed by atoms with Crippen LogP contribution in [0, 0.1) is 11.6 Å². The molecule has 0 fully saturated rings. The average molecular weight is 1030 g/mol. The van der Waals surface area contributed by atoms with Gasteiger partial charge >= 0.3 is 53.7 Å². The normalized spacial score (nSPS) is 10.7. The Kier molecular flexibility index (Phi) is 22.2. The molecule has 0 radical (unpaired) electrons. The molecule has 0 spiro atoms. The first kappa shape index (κ1) is 57.1. The molecule has 0 atom stereocenters. The highest BCUT2D eigenvalue weighted by atomic mass is 19.1. The van der Waals surface area contributed by atoms with E-state index in [1.165, 1.54) is 23.1 Å². The largest absolute Gasteiger partial charge is 0.489 e. The topological polar surface area (TPSA) is 301 Å². The Bertz CT molecular complexity index is 2620. The SMILES string of the molecule is CC(=O)OCOC(=O)CN(CCOCCOc1cc(-c2c3cc(F)c(=O)cc-3oc3cc(OCOC(C)=O)c(F)cc23)ccc1N(CC(=O)OCOC(C)=O)CC(=O)OCOC(C)=O)CC(=O)OCOC(C)=O. The van der Waals surface area contributed by atoms with E-state index in [0.29, 0.717) is 0 Å². The van der Waals surface area contributed by atoms with Crippen LogP contribution in [0.3, 0.4) is 0 Å². The fourth-order valence-corrected chi connectivity index (χ4v) is 6.06. The highest BCUT2D eigenvalue weighted by molar-refractivity contribution is 6.03. The maximum Gasteiger partial charge on any atom is 0.328 e. The molecule has 73 heavy (non-hydrogen) atoms. The Morgan fingerprint density at radius 2 is 1.03 bits per heavy atom. The van der Waals surface area contributed by atoms with E-state index in [9.17, 15) is 47.9 Å². The zero-order chi connectivity index (χ0) is 53.6. The third-order valence-corrected chi connectivity index (χ3v) is 9.20. The van der Waals surface area contributed by atoms with Gasteiger partial charge in [0.1, 0.15) is 36.8 Å². The first-order valence-electron chi connectivity index (χ1n) is 21.3. The zero-order valence-electron chi connectivity index (χ0n) is 39.8. The van der Waals surface area contributed by atoms with E-state index in [2.05, 4.69) is 9.47 Å². The number of fused-ring (bicyclic) bond motifs is 2. The number of nitrogens with zero attached hydrogens (tertiary/aromatic N) is 2. The number of rotatable bonds is 28. The van der Waals surface area contributed by atoms with Crippen molar-refractivity contribution in [2.24, 2.45) is 0 Å². The second-order valence-corrected chi connectivity index (χ2v) is 14.7. The van der Waals surface area contributed by atoms with Crippen LogP contribution in [-0.2, 0) is 90.5 Å². The molecule has 0 saturated carbocycles. The van der Waals surface area contributed by atoms with E-state index in [1.807, 2.05) is 0 Å². The number of carbonyl (C=O) groups is 9. The van der Waals surface area contributed by atoms with Gasteiger partial charge in [-0.05, 0) is 29.8 Å². The van der Waals surface area contributed by atoms with Crippen LogP contribution in [0.25, 0.3) is 33.4 Å². The van der Waals surface area contributed by atoms with Crippen molar-refractivity contribution in [2.75, 3.05) is 91.4 Å². The molecule has 4 rings (SSSR count). The molecular weight excluding hydrogens is 986 g/mol. The van der Waals surface area contributed by atoms with Gasteiger partial charge in [0, 0.05) is 69.8 Å². The second-order valence-electron chi connectivity index (χ2n) is 14.7. The van der Waals surface area contributed by atoms with Gasteiger partial charge in [-0.1, -0.05) is 6.07 Å². The first-order chi connectivity index (χ1) is 34.7. The van der Waals surface area contributed by atoms with E-state index in [1.54, 1.807) is 0 Å². The fraction of sp³-hybridized carbons (Fsp3) is 0.391. The van der Waals surface area contributed by atoms with Crippen molar-refractivity contribution < 1.29 is 113 Å². The number of hydrogen-bond donors (Lipinski definition) is 0. The third kappa shape index (κ3) is 19.3. The molecule has 0 N–H and O–H groups in total. The zero-order valence-corrected chi connectivity index (χ0v) is 39.8. The van der Waals surface area contributed by atoms with Crippen molar-refractivity contribution >= 4 is 70.4 Å². The van der Waals surface area contributed by atoms with Gasteiger partial charge in [-0.25, -0.2) is 8.78 Å². The van der Waals surface area contributed by atoms with E-state index >= 15 is 8.78 Å². The smallest absolute Gasteiger partial charge is 0.328 e. The molecule has 394 valence electrons. The summed E-state index contributed by atoms with van der Waals surface area (Å²) in [5.74, 6) is -10.5. The highest BCUT2D eigenvalue weighted by Gasteiger charge is 2.26. The summed E-state index contributed by atoms with van der Waals surface area (Å²) in [5, 5.41) is -0.0000492. The average Bonchev–Trinajstić information content (AvgIpc) is 3.29. The molecular formula is C46H48F2N2O23. The van der Waals surface area contributed by atoms with Gasteiger partial charge in [-0.2, -0.15) is 0 Å². The van der Waals surface area contributed by atoms with Crippen molar-refractivity contribution in [3.63, 3.8) is 0 Å². The van der Waals surface area contributed by atoms with Gasteiger partial charge in [0.15, 0.2) is 17.4 Å². The van der Waals surface area contributed by atoms with Crippen LogP contribution in [0.5, 0.6) is 11.5 Å². The number of benzene rings is 3. The quantitative estimate of drug-likeness (QED) is 0.0259. The molecule has 2 aromatic carbocycles. The summed E-state index contributed by atoms with van der Waals surface area (Å²) in [5.41, 5.74) is -0.993. The second kappa shape index (κ2) is 28.4. The van der Waals surface area contributed by atoms with Crippen LogP contribution in [-0.4, -0.2) is 145 Å². The number of anilines is 1. The van der Waals surface area contributed by atoms with Crippen LogP contribution < -0.4 is 19.8 Å². The highest BCUT2D eigenvalue weighted by Crippen LogP contribution is 2.44. The lowest BCUT2D eigenvalue weighted by Crippen LogP contribution is -2.38. The molecule has 0 saturated heterocycles. The minimum atomic E-state index is -1.20. The van der Waals surface area contributed by atoms with Crippen molar-refractivity contribution in [3.05, 3.63) is 64.3 Å².